The third kappa shape index (κ3) is 4.40. The van der Waals surface area contributed by atoms with Crippen LogP contribution in [0.1, 0.15) is 16.1 Å². The number of nitriles is 1. The van der Waals surface area contributed by atoms with Gasteiger partial charge in [0.05, 0.1) is 11.6 Å². The molecular weight excluding hydrogens is 382 g/mol. The summed E-state index contributed by atoms with van der Waals surface area (Å²) in [5, 5.41) is 22.5. The fraction of sp³-hybridized carbons (Fsp3) is 0. The fourth-order valence-electron chi connectivity index (χ4n) is 2.06. The molecule has 0 aliphatic heterocycles. The van der Waals surface area contributed by atoms with Gasteiger partial charge >= 0.3 is 0 Å². The smallest absolute Gasteiger partial charge is 0.276 e. The fourth-order valence-corrected chi connectivity index (χ4v) is 2.46. The number of hydrogen-bond acceptors (Lipinski definition) is 5. The van der Waals surface area contributed by atoms with Gasteiger partial charge in [-0.05, 0) is 54.6 Å². The molecule has 7 heteroatoms. The van der Waals surface area contributed by atoms with Crippen LogP contribution >= 0.6 is 15.9 Å². The average Bonchev–Trinajstić information content (AvgIpc) is 2.63. The zero-order valence-corrected chi connectivity index (χ0v) is 14.5. The summed E-state index contributed by atoms with van der Waals surface area (Å²) in [5.74, 6) is 0.166. The molecule has 0 saturated heterocycles. The minimum absolute atomic E-state index is 0.198. The van der Waals surface area contributed by atoms with Crippen molar-refractivity contribution in [2.75, 3.05) is 10.6 Å². The molecule has 0 fully saturated rings. The van der Waals surface area contributed by atoms with Crippen molar-refractivity contribution in [2.24, 2.45) is 0 Å². The van der Waals surface area contributed by atoms with Crippen LogP contribution in [0.2, 0.25) is 0 Å². The molecule has 0 spiro atoms. The maximum atomic E-state index is 12.2. The van der Waals surface area contributed by atoms with Crippen LogP contribution in [0.15, 0.2) is 65.1 Å². The van der Waals surface area contributed by atoms with Crippen molar-refractivity contribution in [2.45, 2.75) is 0 Å². The zero-order valence-electron chi connectivity index (χ0n) is 12.9. The number of anilines is 3. The van der Waals surface area contributed by atoms with Crippen LogP contribution in [0.4, 0.5) is 17.2 Å². The highest BCUT2D eigenvalue weighted by Crippen LogP contribution is 2.19. The minimum atomic E-state index is -0.369. The van der Waals surface area contributed by atoms with Crippen molar-refractivity contribution in [1.29, 1.82) is 5.26 Å². The second-order valence-corrected chi connectivity index (χ2v) is 6.00. The Balaban J connectivity index is 1.66. The van der Waals surface area contributed by atoms with Crippen molar-refractivity contribution in [3.63, 3.8) is 0 Å². The first-order chi connectivity index (χ1) is 12.1. The first-order valence-electron chi connectivity index (χ1n) is 7.32. The first kappa shape index (κ1) is 16.6. The maximum Gasteiger partial charge on any atom is 0.276 e. The zero-order chi connectivity index (χ0) is 17.6. The van der Waals surface area contributed by atoms with Gasteiger partial charge in [0.15, 0.2) is 11.5 Å². The summed E-state index contributed by atoms with van der Waals surface area (Å²) in [6.07, 6.45) is 0. The van der Waals surface area contributed by atoms with Gasteiger partial charge in [0.2, 0.25) is 0 Å². The molecule has 1 heterocycles. The molecule has 0 atom stereocenters. The quantitative estimate of drug-likeness (QED) is 0.695. The number of benzene rings is 2. The van der Waals surface area contributed by atoms with Crippen LogP contribution in [-0.4, -0.2) is 16.1 Å². The van der Waals surface area contributed by atoms with Crippen LogP contribution < -0.4 is 10.6 Å². The number of hydrogen-bond donors (Lipinski definition) is 2. The van der Waals surface area contributed by atoms with Gasteiger partial charge < -0.3 is 10.6 Å². The van der Waals surface area contributed by atoms with E-state index >= 15 is 0 Å². The van der Waals surface area contributed by atoms with Crippen LogP contribution in [0.3, 0.4) is 0 Å². The van der Waals surface area contributed by atoms with Crippen molar-refractivity contribution in [1.82, 2.24) is 10.2 Å². The van der Waals surface area contributed by atoms with Gasteiger partial charge in [-0.25, -0.2) is 0 Å². The molecule has 1 aromatic heterocycles. The molecule has 0 aliphatic carbocycles. The van der Waals surface area contributed by atoms with Gasteiger partial charge in [0.25, 0.3) is 5.91 Å². The maximum absolute atomic E-state index is 12.2. The molecule has 25 heavy (non-hydrogen) atoms. The van der Waals surface area contributed by atoms with Crippen molar-refractivity contribution < 1.29 is 4.79 Å². The van der Waals surface area contributed by atoms with E-state index in [1.807, 2.05) is 30.3 Å². The second kappa shape index (κ2) is 7.55. The van der Waals surface area contributed by atoms with Crippen molar-refractivity contribution in [3.8, 4) is 6.07 Å². The largest absolute Gasteiger partial charge is 0.339 e. The van der Waals surface area contributed by atoms with Gasteiger partial charge in [0, 0.05) is 15.8 Å². The summed E-state index contributed by atoms with van der Waals surface area (Å²) >= 11 is 3.40. The number of aromatic nitrogens is 2. The Bertz CT molecular complexity index is 933. The van der Waals surface area contributed by atoms with E-state index < -0.39 is 0 Å². The Morgan fingerprint density at radius 1 is 1.00 bits per heavy atom. The number of nitrogens with zero attached hydrogens (tertiary/aromatic N) is 3. The molecule has 2 aromatic carbocycles. The van der Waals surface area contributed by atoms with E-state index in [2.05, 4.69) is 36.8 Å². The number of carbonyl (C=O) groups is 1. The van der Waals surface area contributed by atoms with E-state index in [0.717, 1.165) is 10.2 Å². The number of amides is 1. The Hall–Kier alpha value is -3.24. The molecule has 1 amide bonds. The number of halogens is 1. The molecule has 2 N–H and O–H groups in total. The van der Waals surface area contributed by atoms with E-state index in [0.29, 0.717) is 17.1 Å². The first-order valence-corrected chi connectivity index (χ1v) is 8.11. The molecule has 0 saturated carbocycles. The van der Waals surface area contributed by atoms with Gasteiger partial charge in [-0.3, -0.25) is 4.79 Å². The highest BCUT2D eigenvalue weighted by Gasteiger charge is 2.09. The van der Waals surface area contributed by atoms with Gasteiger partial charge in [0.1, 0.15) is 0 Å². The standard InChI is InChI=1S/C18H12BrN5O/c19-13-2-1-3-15(10-13)21-17-9-8-16(23-24-17)18(25)22-14-6-4-12(11-20)5-7-14/h1-10H,(H,21,24)(H,22,25). The Kier molecular flexibility index (Phi) is 5.02. The molecule has 0 aliphatic rings. The summed E-state index contributed by atoms with van der Waals surface area (Å²) in [4.78, 5) is 12.2. The molecule has 6 nitrogen and oxygen atoms in total. The third-order valence-corrected chi connectivity index (χ3v) is 3.76. The summed E-state index contributed by atoms with van der Waals surface area (Å²) < 4.78 is 0.948. The topological polar surface area (TPSA) is 90.7 Å². The lowest BCUT2D eigenvalue weighted by atomic mass is 10.2. The summed E-state index contributed by atoms with van der Waals surface area (Å²) in [6, 6.07) is 19.5. The van der Waals surface area contributed by atoms with Crippen LogP contribution in [0, 0.1) is 11.3 Å². The van der Waals surface area contributed by atoms with Gasteiger partial charge in [-0.1, -0.05) is 22.0 Å². The Labute approximate surface area is 152 Å². The van der Waals surface area contributed by atoms with Crippen molar-refractivity contribution >= 4 is 39.0 Å². The SMILES string of the molecule is N#Cc1ccc(NC(=O)c2ccc(Nc3cccc(Br)c3)nn2)cc1. The minimum Gasteiger partial charge on any atom is -0.339 e. The summed E-state index contributed by atoms with van der Waals surface area (Å²) in [7, 11) is 0. The van der Waals surface area contributed by atoms with Gasteiger partial charge in [-0.15, -0.1) is 10.2 Å². The molecule has 0 bridgehead atoms. The molecule has 0 unspecified atom stereocenters. The second-order valence-electron chi connectivity index (χ2n) is 5.08. The summed E-state index contributed by atoms with van der Waals surface area (Å²) in [6.45, 7) is 0. The highest BCUT2D eigenvalue weighted by atomic mass is 79.9. The summed E-state index contributed by atoms with van der Waals surface area (Å²) in [5.41, 5.74) is 2.17. The molecule has 122 valence electrons. The van der Waals surface area contributed by atoms with E-state index in [1.165, 1.54) is 0 Å². The molecular formula is C18H12BrN5O. The van der Waals surface area contributed by atoms with Gasteiger partial charge in [-0.2, -0.15) is 5.26 Å². The number of rotatable bonds is 4. The normalized spacial score (nSPS) is 9.92. The van der Waals surface area contributed by atoms with Crippen molar-refractivity contribution in [3.05, 3.63) is 76.4 Å². The van der Waals surface area contributed by atoms with E-state index in [-0.39, 0.29) is 11.6 Å². The molecule has 3 aromatic rings. The number of carbonyl (C=O) groups excluding carboxylic acids is 1. The van der Waals surface area contributed by atoms with Crippen LogP contribution in [0.5, 0.6) is 0 Å². The predicted octanol–water partition coefficient (Wildman–Crippen LogP) is 4.11. The lowest BCUT2D eigenvalue weighted by Gasteiger charge is -2.07. The predicted molar refractivity (Wildman–Crippen MR) is 98.6 cm³/mol. The average molecular weight is 394 g/mol. The Morgan fingerprint density at radius 2 is 1.80 bits per heavy atom. The lowest BCUT2D eigenvalue weighted by Crippen LogP contribution is -2.14. The van der Waals surface area contributed by atoms with E-state index in [9.17, 15) is 4.79 Å². The monoisotopic (exact) mass is 393 g/mol. The lowest BCUT2D eigenvalue weighted by molar-refractivity contribution is 0.102. The third-order valence-electron chi connectivity index (χ3n) is 3.27. The van der Waals surface area contributed by atoms with E-state index in [4.69, 9.17) is 5.26 Å². The Morgan fingerprint density at radius 3 is 2.44 bits per heavy atom. The van der Waals surface area contributed by atoms with E-state index in [1.54, 1.807) is 36.4 Å². The molecule has 0 radical (unpaired) electrons. The van der Waals surface area contributed by atoms with Crippen LogP contribution in [0.25, 0.3) is 0 Å². The highest BCUT2D eigenvalue weighted by molar-refractivity contribution is 9.10. The molecule has 3 rings (SSSR count). The number of nitrogens with one attached hydrogen (secondary N) is 2. The van der Waals surface area contributed by atoms with Crippen LogP contribution in [-0.2, 0) is 0 Å².